The number of halogens is 1. The van der Waals surface area contributed by atoms with Gasteiger partial charge in [0.2, 0.25) is 5.91 Å². The second-order valence-corrected chi connectivity index (χ2v) is 4.68. The van der Waals surface area contributed by atoms with Gasteiger partial charge in [0.05, 0.1) is 18.8 Å². The maximum Gasteiger partial charge on any atom is 0.241 e. The van der Waals surface area contributed by atoms with E-state index in [9.17, 15) is 4.79 Å². The van der Waals surface area contributed by atoms with Crippen molar-refractivity contribution >= 4 is 23.2 Å². The van der Waals surface area contributed by atoms with Gasteiger partial charge in [-0.15, -0.1) is 0 Å². The fourth-order valence-electron chi connectivity index (χ4n) is 1.51. The van der Waals surface area contributed by atoms with Crippen LogP contribution in [0.5, 0.6) is 5.75 Å². The highest BCUT2D eigenvalue weighted by molar-refractivity contribution is 6.31. The van der Waals surface area contributed by atoms with Crippen LogP contribution in [0.25, 0.3) is 0 Å². The van der Waals surface area contributed by atoms with Gasteiger partial charge in [-0.25, -0.2) is 0 Å². The number of nitrogens with two attached hydrogens (primary N) is 1. The smallest absolute Gasteiger partial charge is 0.241 e. The van der Waals surface area contributed by atoms with Crippen LogP contribution in [-0.4, -0.2) is 19.1 Å². The van der Waals surface area contributed by atoms with Crippen LogP contribution < -0.4 is 15.8 Å². The molecule has 2 unspecified atom stereocenters. The Hall–Kier alpha value is -1.26. The van der Waals surface area contributed by atoms with Gasteiger partial charge >= 0.3 is 0 Å². The monoisotopic (exact) mass is 270 g/mol. The van der Waals surface area contributed by atoms with E-state index in [0.717, 1.165) is 6.42 Å². The summed E-state index contributed by atoms with van der Waals surface area (Å²) < 4.78 is 5.15. The van der Waals surface area contributed by atoms with Crippen LogP contribution in [0, 0.1) is 5.92 Å². The minimum Gasteiger partial charge on any atom is -0.495 e. The van der Waals surface area contributed by atoms with Gasteiger partial charge < -0.3 is 15.8 Å². The molecule has 1 amide bonds. The molecule has 0 aliphatic heterocycles. The third-order valence-corrected chi connectivity index (χ3v) is 3.21. The summed E-state index contributed by atoms with van der Waals surface area (Å²) in [4.78, 5) is 12.0. The van der Waals surface area contributed by atoms with Crippen molar-refractivity contribution in [1.82, 2.24) is 0 Å². The van der Waals surface area contributed by atoms with Gasteiger partial charge in [0, 0.05) is 5.02 Å². The first-order chi connectivity index (χ1) is 8.49. The maximum absolute atomic E-state index is 12.0. The molecule has 100 valence electrons. The molecule has 18 heavy (non-hydrogen) atoms. The number of amides is 1. The summed E-state index contributed by atoms with van der Waals surface area (Å²) in [7, 11) is 1.54. The molecule has 0 aliphatic rings. The van der Waals surface area contributed by atoms with Crippen LogP contribution in [0.3, 0.4) is 0 Å². The van der Waals surface area contributed by atoms with E-state index in [1.165, 1.54) is 7.11 Å². The van der Waals surface area contributed by atoms with Crippen molar-refractivity contribution in [3.63, 3.8) is 0 Å². The van der Waals surface area contributed by atoms with Crippen molar-refractivity contribution in [2.75, 3.05) is 12.4 Å². The average molecular weight is 271 g/mol. The molecular weight excluding hydrogens is 252 g/mol. The van der Waals surface area contributed by atoms with Crippen molar-refractivity contribution in [3.8, 4) is 5.75 Å². The number of carbonyl (C=O) groups is 1. The molecular formula is C13H19ClN2O2. The Kier molecular flexibility index (Phi) is 5.44. The Bertz CT molecular complexity index is 423. The number of carbonyl (C=O) groups excluding carboxylic acids is 1. The number of benzene rings is 1. The van der Waals surface area contributed by atoms with Gasteiger partial charge in [-0.2, -0.15) is 0 Å². The number of nitrogens with one attached hydrogen (secondary N) is 1. The highest BCUT2D eigenvalue weighted by Crippen LogP contribution is 2.27. The topological polar surface area (TPSA) is 64.4 Å². The lowest BCUT2D eigenvalue weighted by Gasteiger charge is -2.18. The first-order valence-corrected chi connectivity index (χ1v) is 6.27. The minimum absolute atomic E-state index is 0.121. The molecule has 0 bridgehead atoms. The number of methoxy groups -OCH3 is 1. The third-order valence-electron chi connectivity index (χ3n) is 2.98. The lowest BCUT2D eigenvalue weighted by Crippen LogP contribution is -2.40. The lowest BCUT2D eigenvalue weighted by molar-refractivity contribution is -0.118. The molecule has 0 saturated carbocycles. The van der Waals surface area contributed by atoms with E-state index in [2.05, 4.69) is 5.32 Å². The maximum atomic E-state index is 12.0. The van der Waals surface area contributed by atoms with Gasteiger partial charge in [-0.1, -0.05) is 31.9 Å². The number of rotatable bonds is 5. The van der Waals surface area contributed by atoms with E-state index in [1.54, 1.807) is 18.2 Å². The Morgan fingerprint density at radius 2 is 2.22 bits per heavy atom. The van der Waals surface area contributed by atoms with Gasteiger partial charge in [0.15, 0.2) is 0 Å². The largest absolute Gasteiger partial charge is 0.495 e. The number of hydrogen-bond acceptors (Lipinski definition) is 3. The van der Waals surface area contributed by atoms with Crippen LogP contribution >= 0.6 is 11.6 Å². The van der Waals surface area contributed by atoms with Crippen molar-refractivity contribution in [2.45, 2.75) is 26.3 Å². The second-order valence-electron chi connectivity index (χ2n) is 4.25. The van der Waals surface area contributed by atoms with E-state index < -0.39 is 6.04 Å². The van der Waals surface area contributed by atoms with Crippen molar-refractivity contribution in [1.29, 1.82) is 0 Å². The Morgan fingerprint density at radius 3 is 2.78 bits per heavy atom. The lowest BCUT2D eigenvalue weighted by atomic mass is 9.99. The summed E-state index contributed by atoms with van der Waals surface area (Å²) >= 11 is 5.89. The van der Waals surface area contributed by atoms with Gasteiger partial charge in [0.1, 0.15) is 5.75 Å². The normalized spacial score (nSPS) is 13.8. The zero-order valence-electron chi connectivity index (χ0n) is 10.9. The van der Waals surface area contributed by atoms with Crippen LogP contribution in [0.15, 0.2) is 18.2 Å². The summed E-state index contributed by atoms with van der Waals surface area (Å²) in [5, 5.41) is 3.27. The summed E-state index contributed by atoms with van der Waals surface area (Å²) in [6.07, 6.45) is 0.848. The van der Waals surface area contributed by atoms with Crippen LogP contribution in [0.1, 0.15) is 20.3 Å². The molecule has 0 spiro atoms. The van der Waals surface area contributed by atoms with Gasteiger partial charge in [0.25, 0.3) is 0 Å². The van der Waals surface area contributed by atoms with Gasteiger partial charge in [-0.05, 0) is 24.1 Å². The second kappa shape index (κ2) is 6.61. The Labute approximate surface area is 112 Å². The van der Waals surface area contributed by atoms with Crippen molar-refractivity contribution in [3.05, 3.63) is 23.2 Å². The predicted molar refractivity (Wildman–Crippen MR) is 74.1 cm³/mol. The fraction of sp³-hybridized carbons (Fsp3) is 0.462. The van der Waals surface area contributed by atoms with Crippen LogP contribution in [0.4, 0.5) is 5.69 Å². The first kappa shape index (κ1) is 14.8. The molecule has 0 radical (unpaired) electrons. The van der Waals surface area contributed by atoms with E-state index >= 15 is 0 Å². The summed E-state index contributed by atoms with van der Waals surface area (Å²) in [6.45, 7) is 3.94. The fourth-order valence-corrected chi connectivity index (χ4v) is 1.68. The highest BCUT2D eigenvalue weighted by atomic mass is 35.5. The summed E-state index contributed by atoms with van der Waals surface area (Å²) in [5.41, 5.74) is 6.40. The van der Waals surface area contributed by atoms with E-state index in [1.807, 2.05) is 13.8 Å². The Morgan fingerprint density at radius 1 is 1.56 bits per heavy atom. The van der Waals surface area contributed by atoms with Crippen molar-refractivity contribution < 1.29 is 9.53 Å². The SMILES string of the molecule is CCC(C)C(N)C(=O)Nc1cc(Cl)ccc1OC. The van der Waals surface area contributed by atoms with E-state index in [4.69, 9.17) is 22.1 Å². The zero-order chi connectivity index (χ0) is 13.7. The quantitative estimate of drug-likeness (QED) is 0.865. The molecule has 0 fully saturated rings. The third kappa shape index (κ3) is 3.62. The molecule has 4 nitrogen and oxygen atoms in total. The zero-order valence-corrected chi connectivity index (χ0v) is 11.6. The molecule has 0 aromatic heterocycles. The molecule has 5 heteroatoms. The predicted octanol–water partition coefficient (Wildman–Crippen LogP) is 2.66. The summed E-state index contributed by atoms with van der Waals surface area (Å²) in [6, 6.07) is 4.50. The molecule has 1 aromatic rings. The molecule has 1 rings (SSSR count). The van der Waals surface area contributed by atoms with Crippen LogP contribution in [0.2, 0.25) is 5.02 Å². The molecule has 0 saturated heterocycles. The number of hydrogen-bond donors (Lipinski definition) is 2. The van der Waals surface area contributed by atoms with Gasteiger partial charge in [-0.3, -0.25) is 4.79 Å². The summed E-state index contributed by atoms with van der Waals surface area (Å²) in [5.74, 6) is 0.448. The number of anilines is 1. The van der Waals surface area contributed by atoms with E-state index in [-0.39, 0.29) is 11.8 Å². The molecule has 0 aliphatic carbocycles. The molecule has 0 heterocycles. The molecule has 3 N–H and O–H groups in total. The molecule has 1 aromatic carbocycles. The van der Waals surface area contributed by atoms with Crippen molar-refractivity contribution in [2.24, 2.45) is 11.7 Å². The van der Waals surface area contributed by atoms with Crippen LogP contribution in [-0.2, 0) is 4.79 Å². The first-order valence-electron chi connectivity index (χ1n) is 5.89. The average Bonchev–Trinajstić information content (AvgIpc) is 2.37. The number of ether oxygens (including phenoxy) is 1. The highest BCUT2D eigenvalue weighted by Gasteiger charge is 2.20. The standard InChI is InChI=1S/C13H19ClN2O2/c1-4-8(2)12(15)13(17)16-10-7-9(14)5-6-11(10)18-3/h5-8,12H,4,15H2,1-3H3,(H,16,17). The molecule has 2 atom stereocenters. The van der Waals surface area contributed by atoms with E-state index in [0.29, 0.717) is 16.5 Å². The minimum atomic E-state index is -0.543. The Balaban J connectivity index is 2.84.